The number of nitrogens with one attached hydrogen (secondary N) is 1. The predicted molar refractivity (Wildman–Crippen MR) is 76.9 cm³/mol. The summed E-state index contributed by atoms with van der Waals surface area (Å²) in [5.74, 6) is 0. The van der Waals surface area contributed by atoms with Crippen LogP contribution >= 0.6 is 11.6 Å². The summed E-state index contributed by atoms with van der Waals surface area (Å²) in [6.07, 6.45) is 1.82. The minimum Gasteiger partial charge on any atom is -0.383 e. The van der Waals surface area contributed by atoms with Gasteiger partial charge in [0, 0.05) is 26.4 Å². The maximum absolute atomic E-state index is 6.00. The van der Waals surface area contributed by atoms with Gasteiger partial charge in [0.15, 0.2) is 0 Å². The molecule has 1 aromatic heterocycles. The van der Waals surface area contributed by atoms with Crippen molar-refractivity contribution in [3.8, 4) is 5.69 Å². The second-order valence-corrected chi connectivity index (χ2v) is 4.75. The fourth-order valence-corrected chi connectivity index (χ4v) is 1.88. The maximum atomic E-state index is 6.00. The molecule has 5 heteroatoms. The van der Waals surface area contributed by atoms with Crippen LogP contribution in [0.3, 0.4) is 0 Å². The van der Waals surface area contributed by atoms with Crippen molar-refractivity contribution in [1.82, 2.24) is 15.1 Å². The summed E-state index contributed by atoms with van der Waals surface area (Å²) in [6.45, 7) is 4.31. The number of nitrogens with zero attached hydrogens (tertiary/aromatic N) is 2. The second kappa shape index (κ2) is 6.70. The van der Waals surface area contributed by atoms with Crippen LogP contribution < -0.4 is 5.32 Å². The van der Waals surface area contributed by atoms with Gasteiger partial charge in [0.1, 0.15) is 0 Å². The molecule has 0 saturated carbocycles. The number of methoxy groups -OCH3 is 1. The van der Waals surface area contributed by atoms with Crippen LogP contribution in [0.4, 0.5) is 0 Å². The Morgan fingerprint density at radius 2 is 2.05 bits per heavy atom. The van der Waals surface area contributed by atoms with Crippen LogP contribution in [-0.2, 0) is 11.3 Å². The Balaban J connectivity index is 1.98. The molecule has 1 heterocycles. The third kappa shape index (κ3) is 3.80. The number of halogens is 1. The zero-order valence-electron chi connectivity index (χ0n) is 11.2. The Labute approximate surface area is 118 Å². The minimum atomic E-state index is 0.685. The third-order valence-corrected chi connectivity index (χ3v) is 3.22. The molecule has 1 aromatic carbocycles. The highest BCUT2D eigenvalue weighted by atomic mass is 35.5. The van der Waals surface area contributed by atoms with Gasteiger partial charge in [0.05, 0.1) is 23.0 Å². The SMILES string of the molecule is COCCNCc1ccc(-n2cc(Cl)c(C)n2)cc1. The molecule has 1 N–H and O–H groups in total. The number of hydrogen-bond acceptors (Lipinski definition) is 3. The average molecular weight is 280 g/mol. The molecule has 19 heavy (non-hydrogen) atoms. The van der Waals surface area contributed by atoms with Crippen LogP contribution in [0.5, 0.6) is 0 Å². The topological polar surface area (TPSA) is 39.1 Å². The van der Waals surface area contributed by atoms with E-state index < -0.39 is 0 Å². The van der Waals surface area contributed by atoms with Crippen LogP contribution in [0.1, 0.15) is 11.3 Å². The predicted octanol–water partition coefficient (Wildman–Crippen LogP) is 2.57. The van der Waals surface area contributed by atoms with E-state index in [1.807, 2.05) is 25.3 Å². The number of hydrogen-bond donors (Lipinski definition) is 1. The quantitative estimate of drug-likeness (QED) is 0.826. The number of rotatable bonds is 6. The lowest BCUT2D eigenvalue weighted by Crippen LogP contribution is -2.18. The van der Waals surface area contributed by atoms with Gasteiger partial charge in [-0.2, -0.15) is 5.10 Å². The first-order valence-corrected chi connectivity index (χ1v) is 6.59. The van der Waals surface area contributed by atoms with Crippen molar-refractivity contribution in [3.63, 3.8) is 0 Å². The highest BCUT2D eigenvalue weighted by Gasteiger charge is 2.03. The molecule has 0 saturated heterocycles. The van der Waals surface area contributed by atoms with Crippen LogP contribution in [0, 0.1) is 6.92 Å². The maximum Gasteiger partial charge on any atom is 0.0819 e. The summed E-state index contributed by atoms with van der Waals surface area (Å²) in [5, 5.41) is 8.34. The molecule has 0 fully saturated rings. The molecule has 2 rings (SSSR count). The number of ether oxygens (including phenoxy) is 1. The molecular weight excluding hydrogens is 262 g/mol. The monoisotopic (exact) mass is 279 g/mol. The Bertz CT molecular complexity index is 502. The largest absolute Gasteiger partial charge is 0.383 e. The van der Waals surface area contributed by atoms with Gasteiger partial charge in [-0.05, 0) is 24.6 Å². The molecule has 0 amide bonds. The first kappa shape index (κ1) is 14.1. The Kier molecular flexibility index (Phi) is 4.96. The van der Waals surface area contributed by atoms with Crippen LogP contribution in [0.15, 0.2) is 30.5 Å². The van der Waals surface area contributed by atoms with Crippen molar-refractivity contribution >= 4 is 11.6 Å². The van der Waals surface area contributed by atoms with E-state index in [-0.39, 0.29) is 0 Å². The molecule has 0 aliphatic heterocycles. The smallest absolute Gasteiger partial charge is 0.0819 e. The van der Waals surface area contributed by atoms with E-state index in [2.05, 4.69) is 22.5 Å². The average Bonchev–Trinajstić information content (AvgIpc) is 2.76. The second-order valence-electron chi connectivity index (χ2n) is 4.34. The van der Waals surface area contributed by atoms with Crippen molar-refractivity contribution in [2.24, 2.45) is 0 Å². The number of benzene rings is 1. The molecule has 0 aliphatic rings. The standard InChI is InChI=1S/C14H18ClN3O/c1-11-14(15)10-18(17-11)13-5-3-12(4-6-13)9-16-7-8-19-2/h3-6,10,16H,7-9H2,1-2H3. The van der Waals surface area contributed by atoms with Gasteiger partial charge in [0.2, 0.25) is 0 Å². The van der Waals surface area contributed by atoms with E-state index in [1.54, 1.807) is 11.8 Å². The molecule has 0 atom stereocenters. The zero-order chi connectivity index (χ0) is 13.7. The molecule has 102 valence electrons. The van der Waals surface area contributed by atoms with Crippen molar-refractivity contribution in [2.45, 2.75) is 13.5 Å². The van der Waals surface area contributed by atoms with Crippen LogP contribution in [-0.4, -0.2) is 30.0 Å². The molecular formula is C14H18ClN3O. The Morgan fingerprint density at radius 3 is 2.63 bits per heavy atom. The first-order valence-electron chi connectivity index (χ1n) is 6.21. The normalized spacial score (nSPS) is 10.9. The number of aryl methyl sites for hydroxylation is 1. The lowest BCUT2D eigenvalue weighted by atomic mass is 10.2. The molecule has 2 aromatic rings. The van der Waals surface area contributed by atoms with E-state index in [0.29, 0.717) is 5.02 Å². The molecule has 0 unspecified atom stereocenters. The van der Waals surface area contributed by atoms with Gasteiger partial charge in [-0.15, -0.1) is 0 Å². The van der Waals surface area contributed by atoms with Gasteiger partial charge >= 0.3 is 0 Å². The van der Waals surface area contributed by atoms with Crippen molar-refractivity contribution in [2.75, 3.05) is 20.3 Å². The van der Waals surface area contributed by atoms with Gasteiger partial charge in [-0.1, -0.05) is 23.7 Å². The summed E-state index contributed by atoms with van der Waals surface area (Å²) in [5.41, 5.74) is 3.08. The highest BCUT2D eigenvalue weighted by Crippen LogP contribution is 2.16. The third-order valence-electron chi connectivity index (χ3n) is 2.85. The van der Waals surface area contributed by atoms with Crippen LogP contribution in [0.2, 0.25) is 5.02 Å². The summed E-state index contributed by atoms with van der Waals surface area (Å²) in [6, 6.07) is 8.24. The number of aromatic nitrogens is 2. The van der Waals surface area contributed by atoms with E-state index >= 15 is 0 Å². The van der Waals surface area contributed by atoms with Gasteiger partial charge < -0.3 is 10.1 Å². The lowest BCUT2D eigenvalue weighted by molar-refractivity contribution is 0.199. The van der Waals surface area contributed by atoms with E-state index in [0.717, 1.165) is 31.1 Å². The summed E-state index contributed by atoms with van der Waals surface area (Å²) in [7, 11) is 1.70. The van der Waals surface area contributed by atoms with Crippen molar-refractivity contribution < 1.29 is 4.74 Å². The molecule has 0 radical (unpaired) electrons. The van der Waals surface area contributed by atoms with E-state index in [1.165, 1.54) is 5.56 Å². The molecule has 0 aliphatic carbocycles. The zero-order valence-corrected chi connectivity index (χ0v) is 11.9. The Morgan fingerprint density at radius 1 is 1.32 bits per heavy atom. The van der Waals surface area contributed by atoms with Crippen LogP contribution in [0.25, 0.3) is 5.69 Å². The van der Waals surface area contributed by atoms with Crippen molar-refractivity contribution in [1.29, 1.82) is 0 Å². The summed E-state index contributed by atoms with van der Waals surface area (Å²) in [4.78, 5) is 0. The molecule has 4 nitrogen and oxygen atoms in total. The molecule has 0 spiro atoms. The van der Waals surface area contributed by atoms with Gasteiger partial charge in [0.25, 0.3) is 0 Å². The fourth-order valence-electron chi connectivity index (χ4n) is 1.74. The minimum absolute atomic E-state index is 0.685. The fraction of sp³-hybridized carbons (Fsp3) is 0.357. The highest BCUT2D eigenvalue weighted by molar-refractivity contribution is 6.31. The van der Waals surface area contributed by atoms with Gasteiger partial charge in [-0.25, -0.2) is 4.68 Å². The van der Waals surface area contributed by atoms with Gasteiger partial charge in [-0.3, -0.25) is 0 Å². The first-order chi connectivity index (χ1) is 9.20. The summed E-state index contributed by atoms with van der Waals surface area (Å²) >= 11 is 6.00. The van der Waals surface area contributed by atoms with Crippen molar-refractivity contribution in [3.05, 3.63) is 46.7 Å². The Hall–Kier alpha value is -1.36. The molecule has 0 bridgehead atoms. The summed E-state index contributed by atoms with van der Waals surface area (Å²) < 4.78 is 6.78. The van der Waals surface area contributed by atoms with E-state index in [4.69, 9.17) is 16.3 Å². The van der Waals surface area contributed by atoms with E-state index in [9.17, 15) is 0 Å². The lowest BCUT2D eigenvalue weighted by Gasteiger charge is -2.06.